The molecule has 7 nitrogen and oxygen atoms in total. The highest BCUT2D eigenvalue weighted by Gasteiger charge is 2.18. The number of nitrogens with one attached hydrogen (secondary N) is 1. The van der Waals surface area contributed by atoms with Crippen molar-refractivity contribution in [2.45, 2.75) is 26.6 Å². The molecule has 7 heteroatoms. The molecule has 3 aromatic rings. The number of furan rings is 2. The molecule has 2 aromatic heterocycles. The molecular formula is C23H27N3O4. The topological polar surface area (TPSA) is 78.9 Å². The largest absolute Gasteiger partial charge is 0.468 e. The first kappa shape index (κ1) is 21.4. The Kier molecular flexibility index (Phi) is 7.08. The Morgan fingerprint density at radius 2 is 1.73 bits per heavy atom. The van der Waals surface area contributed by atoms with Gasteiger partial charge in [0.2, 0.25) is 5.91 Å². The van der Waals surface area contributed by atoms with E-state index in [1.165, 1.54) is 0 Å². The van der Waals surface area contributed by atoms with E-state index in [-0.39, 0.29) is 18.4 Å². The number of likely N-dealkylation sites (N-methyl/N-ethyl adjacent to an activating group) is 1. The quantitative estimate of drug-likeness (QED) is 0.587. The molecule has 158 valence electrons. The summed E-state index contributed by atoms with van der Waals surface area (Å²) in [6.45, 7) is 3.58. The summed E-state index contributed by atoms with van der Waals surface area (Å²) in [6.07, 6.45) is 1.62. The standard InChI is InChI=1S/C23H27N3O4/c1-17-6-11-21(30-17)14-25(3)22(27)16-26(15-20-5-4-12-29-20)13-18-7-9-19(10-8-18)23(28)24-2/h4-12H,13-16H2,1-3H3,(H,24,28). The molecule has 0 spiro atoms. The second-order valence-corrected chi connectivity index (χ2v) is 7.26. The van der Waals surface area contributed by atoms with Gasteiger partial charge in [0.1, 0.15) is 17.3 Å². The molecule has 0 atom stereocenters. The average Bonchev–Trinajstić information content (AvgIpc) is 3.39. The maximum absolute atomic E-state index is 12.8. The summed E-state index contributed by atoms with van der Waals surface area (Å²) < 4.78 is 11.0. The molecule has 0 bridgehead atoms. The van der Waals surface area contributed by atoms with Crippen LogP contribution in [0.25, 0.3) is 0 Å². The predicted octanol–water partition coefficient (Wildman–Crippen LogP) is 3.20. The summed E-state index contributed by atoms with van der Waals surface area (Å²) in [5.74, 6) is 2.22. The molecule has 0 saturated carbocycles. The zero-order chi connectivity index (χ0) is 21.5. The first-order valence-corrected chi connectivity index (χ1v) is 9.79. The van der Waals surface area contributed by atoms with Crippen molar-refractivity contribution >= 4 is 11.8 Å². The molecule has 0 fully saturated rings. The Morgan fingerprint density at radius 1 is 0.967 bits per heavy atom. The third-order valence-corrected chi connectivity index (χ3v) is 4.78. The fraction of sp³-hybridized carbons (Fsp3) is 0.304. The van der Waals surface area contributed by atoms with Crippen LogP contribution in [-0.2, 0) is 24.4 Å². The van der Waals surface area contributed by atoms with E-state index in [2.05, 4.69) is 5.32 Å². The van der Waals surface area contributed by atoms with Crippen molar-refractivity contribution < 1.29 is 18.4 Å². The molecule has 2 heterocycles. The van der Waals surface area contributed by atoms with Gasteiger partial charge in [-0.2, -0.15) is 0 Å². The van der Waals surface area contributed by atoms with Crippen LogP contribution in [0.15, 0.2) is 63.6 Å². The number of nitrogens with zero attached hydrogens (tertiary/aromatic N) is 2. The monoisotopic (exact) mass is 409 g/mol. The number of hydrogen-bond donors (Lipinski definition) is 1. The molecule has 1 aromatic carbocycles. The second kappa shape index (κ2) is 9.93. The predicted molar refractivity (Wildman–Crippen MR) is 113 cm³/mol. The summed E-state index contributed by atoms with van der Waals surface area (Å²) in [5.41, 5.74) is 1.61. The fourth-order valence-electron chi connectivity index (χ4n) is 3.16. The van der Waals surface area contributed by atoms with E-state index in [4.69, 9.17) is 8.83 Å². The first-order valence-electron chi connectivity index (χ1n) is 9.79. The third kappa shape index (κ3) is 5.84. The highest BCUT2D eigenvalue weighted by atomic mass is 16.3. The number of carbonyl (C=O) groups excluding carboxylic acids is 2. The minimum Gasteiger partial charge on any atom is -0.468 e. The highest BCUT2D eigenvalue weighted by molar-refractivity contribution is 5.93. The Balaban J connectivity index is 1.67. The van der Waals surface area contributed by atoms with Crippen molar-refractivity contribution in [1.29, 1.82) is 0 Å². The lowest BCUT2D eigenvalue weighted by Crippen LogP contribution is -2.37. The molecule has 0 aliphatic carbocycles. The van der Waals surface area contributed by atoms with Crippen LogP contribution < -0.4 is 5.32 Å². The van der Waals surface area contributed by atoms with Crippen molar-refractivity contribution in [2.24, 2.45) is 0 Å². The minimum atomic E-state index is -0.126. The molecule has 0 saturated heterocycles. The maximum atomic E-state index is 12.8. The van der Waals surface area contributed by atoms with Gasteiger partial charge in [-0.15, -0.1) is 0 Å². The minimum absolute atomic E-state index is 0.0161. The Morgan fingerprint density at radius 3 is 2.33 bits per heavy atom. The number of amides is 2. The number of carbonyl (C=O) groups is 2. The molecule has 0 radical (unpaired) electrons. The fourth-order valence-corrected chi connectivity index (χ4v) is 3.16. The molecule has 30 heavy (non-hydrogen) atoms. The van der Waals surface area contributed by atoms with Gasteiger partial charge in [0.25, 0.3) is 5.91 Å². The Labute approximate surface area is 176 Å². The van der Waals surface area contributed by atoms with E-state index in [0.717, 1.165) is 22.8 Å². The van der Waals surface area contributed by atoms with Crippen LogP contribution >= 0.6 is 0 Å². The van der Waals surface area contributed by atoms with E-state index in [1.807, 2.05) is 48.2 Å². The van der Waals surface area contributed by atoms with Gasteiger partial charge in [-0.1, -0.05) is 12.1 Å². The molecular weight excluding hydrogens is 382 g/mol. The summed E-state index contributed by atoms with van der Waals surface area (Å²) in [6, 6.07) is 14.9. The lowest BCUT2D eigenvalue weighted by Gasteiger charge is -2.24. The zero-order valence-corrected chi connectivity index (χ0v) is 17.6. The summed E-state index contributed by atoms with van der Waals surface area (Å²) >= 11 is 0. The first-order chi connectivity index (χ1) is 14.4. The van der Waals surface area contributed by atoms with Crippen LogP contribution in [-0.4, -0.2) is 42.3 Å². The number of hydrogen-bond acceptors (Lipinski definition) is 5. The molecule has 2 amide bonds. The van der Waals surface area contributed by atoms with Gasteiger partial charge in [-0.3, -0.25) is 14.5 Å². The van der Waals surface area contributed by atoms with Crippen LogP contribution in [0.2, 0.25) is 0 Å². The van der Waals surface area contributed by atoms with Crippen molar-refractivity contribution in [1.82, 2.24) is 15.1 Å². The lowest BCUT2D eigenvalue weighted by atomic mass is 10.1. The van der Waals surface area contributed by atoms with Gasteiger partial charge < -0.3 is 19.1 Å². The zero-order valence-electron chi connectivity index (χ0n) is 17.6. The smallest absolute Gasteiger partial charge is 0.251 e. The highest BCUT2D eigenvalue weighted by Crippen LogP contribution is 2.14. The molecule has 3 rings (SSSR count). The van der Waals surface area contributed by atoms with E-state index < -0.39 is 0 Å². The van der Waals surface area contributed by atoms with E-state index in [0.29, 0.717) is 25.2 Å². The number of aryl methyl sites for hydroxylation is 1. The van der Waals surface area contributed by atoms with Gasteiger partial charge in [0, 0.05) is 26.2 Å². The van der Waals surface area contributed by atoms with Gasteiger partial charge in [-0.25, -0.2) is 0 Å². The number of benzene rings is 1. The van der Waals surface area contributed by atoms with Crippen LogP contribution in [0.1, 0.15) is 33.2 Å². The molecule has 0 aliphatic heterocycles. The lowest BCUT2D eigenvalue weighted by molar-refractivity contribution is -0.132. The summed E-state index contributed by atoms with van der Waals surface area (Å²) in [7, 11) is 3.37. The van der Waals surface area contributed by atoms with Crippen LogP contribution in [0, 0.1) is 6.92 Å². The number of rotatable bonds is 9. The van der Waals surface area contributed by atoms with E-state index >= 15 is 0 Å². The summed E-state index contributed by atoms with van der Waals surface area (Å²) in [4.78, 5) is 28.2. The van der Waals surface area contributed by atoms with E-state index in [9.17, 15) is 9.59 Å². The maximum Gasteiger partial charge on any atom is 0.251 e. The van der Waals surface area contributed by atoms with E-state index in [1.54, 1.807) is 37.4 Å². The van der Waals surface area contributed by atoms with Gasteiger partial charge in [0.05, 0.1) is 25.9 Å². The van der Waals surface area contributed by atoms with Crippen molar-refractivity contribution in [3.63, 3.8) is 0 Å². The van der Waals surface area contributed by atoms with Crippen LogP contribution in [0.3, 0.4) is 0 Å². The van der Waals surface area contributed by atoms with Crippen molar-refractivity contribution in [2.75, 3.05) is 20.6 Å². The summed E-state index contributed by atoms with van der Waals surface area (Å²) in [5, 5.41) is 2.61. The van der Waals surface area contributed by atoms with Crippen molar-refractivity contribution in [3.05, 3.63) is 83.2 Å². The van der Waals surface area contributed by atoms with Gasteiger partial charge in [0.15, 0.2) is 0 Å². The van der Waals surface area contributed by atoms with Gasteiger partial charge >= 0.3 is 0 Å². The van der Waals surface area contributed by atoms with Crippen LogP contribution in [0.4, 0.5) is 0 Å². The van der Waals surface area contributed by atoms with Crippen LogP contribution in [0.5, 0.6) is 0 Å². The third-order valence-electron chi connectivity index (χ3n) is 4.78. The molecule has 1 N–H and O–H groups in total. The Hall–Kier alpha value is -3.32. The molecule has 0 aliphatic rings. The second-order valence-electron chi connectivity index (χ2n) is 7.26. The van der Waals surface area contributed by atoms with Gasteiger partial charge in [-0.05, 0) is 48.9 Å². The Bertz CT molecular complexity index is 961. The van der Waals surface area contributed by atoms with Crippen molar-refractivity contribution in [3.8, 4) is 0 Å². The SMILES string of the molecule is CNC(=O)c1ccc(CN(CC(=O)N(C)Cc2ccc(C)o2)Cc2ccco2)cc1. The molecule has 0 unspecified atom stereocenters. The normalized spacial score (nSPS) is 10.9. The average molecular weight is 409 g/mol.